The monoisotopic (exact) mass is 476 g/mol. The van der Waals surface area contributed by atoms with E-state index in [-0.39, 0.29) is 5.91 Å². The number of anilines is 1. The Morgan fingerprint density at radius 2 is 2.03 bits per heavy atom. The molecule has 0 unspecified atom stereocenters. The summed E-state index contributed by atoms with van der Waals surface area (Å²) in [5.41, 5.74) is 8.16. The summed E-state index contributed by atoms with van der Waals surface area (Å²) in [6.07, 6.45) is 3.29. The van der Waals surface area contributed by atoms with Crippen LogP contribution >= 0.6 is 11.6 Å². The number of pyridine rings is 2. The molecule has 0 atom stereocenters. The van der Waals surface area contributed by atoms with Gasteiger partial charge in [0.1, 0.15) is 11.4 Å². The Hall–Kier alpha value is -3.67. The Labute approximate surface area is 202 Å². The van der Waals surface area contributed by atoms with Crippen molar-refractivity contribution in [1.82, 2.24) is 24.6 Å². The Kier molecular flexibility index (Phi) is 6.17. The summed E-state index contributed by atoms with van der Waals surface area (Å²) < 4.78 is 1.71. The van der Waals surface area contributed by atoms with E-state index in [1.54, 1.807) is 48.0 Å². The van der Waals surface area contributed by atoms with Crippen molar-refractivity contribution in [2.45, 2.75) is 32.9 Å². The number of hydrogen-bond acceptors (Lipinski definition) is 6. The number of carbonyl (C=O) groups is 1. The van der Waals surface area contributed by atoms with Gasteiger partial charge in [0, 0.05) is 30.7 Å². The van der Waals surface area contributed by atoms with Crippen molar-refractivity contribution in [2.24, 2.45) is 7.05 Å². The first kappa shape index (κ1) is 23.5. The van der Waals surface area contributed by atoms with Crippen molar-refractivity contribution in [3.8, 4) is 11.8 Å². The molecule has 4 rings (SSSR count). The molecule has 1 aromatic carbocycles. The first-order chi connectivity index (χ1) is 16.1. The van der Waals surface area contributed by atoms with Gasteiger partial charge in [-0.3, -0.25) is 14.5 Å². The first-order valence-corrected chi connectivity index (χ1v) is 11.2. The van der Waals surface area contributed by atoms with Gasteiger partial charge < -0.3 is 15.7 Å². The lowest BCUT2D eigenvalue weighted by atomic mass is 10.1. The zero-order chi connectivity index (χ0) is 24.6. The molecule has 0 saturated carbocycles. The third kappa shape index (κ3) is 4.67. The zero-order valence-electron chi connectivity index (χ0n) is 19.4. The second kappa shape index (κ2) is 8.93. The number of fused-ring (bicyclic) bond motifs is 3. The molecule has 0 fully saturated rings. The number of aryl methyl sites for hydroxylation is 1. The highest BCUT2D eigenvalue weighted by atomic mass is 35.5. The Balaban J connectivity index is 1.65. The fourth-order valence-corrected chi connectivity index (χ4v) is 3.89. The Morgan fingerprint density at radius 3 is 2.68 bits per heavy atom. The molecule has 8 nitrogen and oxygen atoms in total. The van der Waals surface area contributed by atoms with Crippen LogP contribution in [-0.4, -0.2) is 47.8 Å². The van der Waals surface area contributed by atoms with Gasteiger partial charge in [0.05, 0.1) is 45.4 Å². The molecule has 1 amide bonds. The van der Waals surface area contributed by atoms with Crippen molar-refractivity contribution in [1.29, 1.82) is 0 Å². The fraction of sp³-hybridized carbons (Fsp3) is 0.280. The number of nitrogens with zero attached hydrogens (tertiary/aromatic N) is 5. The van der Waals surface area contributed by atoms with Crippen molar-refractivity contribution < 1.29 is 9.90 Å². The number of nitrogens with two attached hydrogens (primary N) is 1. The molecule has 0 spiro atoms. The van der Waals surface area contributed by atoms with Crippen molar-refractivity contribution >= 4 is 45.1 Å². The van der Waals surface area contributed by atoms with Crippen LogP contribution in [0.4, 0.5) is 5.82 Å². The number of nitrogen functional groups attached to an aromatic ring is 1. The van der Waals surface area contributed by atoms with E-state index >= 15 is 0 Å². The van der Waals surface area contributed by atoms with E-state index in [4.69, 9.17) is 17.3 Å². The maximum atomic E-state index is 13.4. The van der Waals surface area contributed by atoms with Gasteiger partial charge >= 0.3 is 0 Å². The summed E-state index contributed by atoms with van der Waals surface area (Å²) in [5, 5.41) is 15.8. The maximum absolute atomic E-state index is 13.4. The van der Waals surface area contributed by atoms with Gasteiger partial charge in [0.2, 0.25) is 0 Å². The van der Waals surface area contributed by atoms with E-state index in [1.807, 2.05) is 26.1 Å². The summed E-state index contributed by atoms with van der Waals surface area (Å²) in [5.74, 6) is 5.80. The van der Waals surface area contributed by atoms with Gasteiger partial charge in [0.15, 0.2) is 0 Å². The predicted molar refractivity (Wildman–Crippen MR) is 133 cm³/mol. The van der Waals surface area contributed by atoms with E-state index < -0.39 is 5.60 Å². The van der Waals surface area contributed by atoms with Gasteiger partial charge in [-0.05, 0) is 45.0 Å². The summed E-state index contributed by atoms with van der Waals surface area (Å²) >= 11 is 6.51. The second-order valence-corrected chi connectivity index (χ2v) is 8.95. The molecular formula is C25H25ClN6O2. The van der Waals surface area contributed by atoms with E-state index in [1.165, 1.54) is 0 Å². The lowest BCUT2D eigenvalue weighted by molar-refractivity contribution is 0.0751. The minimum absolute atomic E-state index is 0.214. The molecular weight excluding hydrogens is 452 g/mol. The maximum Gasteiger partial charge on any atom is 0.255 e. The molecule has 0 bridgehead atoms. The third-order valence-corrected chi connectivity index (χ3v) is 5.70. The number of rotatable bonds is 4. The summed E-state index contributed by atoms with van der Waals surface area (Å²) in [6.45, 7) is 5.92. The lowest BCUT2D eigenvalue weighted by Crippen LogP contribution is -2.31. The van der Waals surface area contributed by atoms with Crippen LogP contribution in [0.15, 0.2) is 36.7 Å². The molecule has 9 heteroatoms. The van der Waals surface area contributed by atoms with Crippen LogP contribution in [-0.2, 0) is 13.6 Å². The van der Waals surface area contributed by atoms with Crippen LogP contribution in [0.25, 0.3) is 21.8 Å². The molecule has 0 aliphatic heterocycles. The SMILES string of the molecule is CCN(Cc1ccc(C#CC(C)(C)O)cn1)C(=O)c1cc2c(cc1Cl)nc(N)c1cnn(C)c12. The predicted octanol–water partition coefficient (Wildman–Crippen LogP) is 3.54. The van der Waals surface area contributed by atoms with Crippen LogP contribution in [0, 0.1) is 11.8 Å². The highest BCUT2D eigenvalue weighted by molar-refractivity contribution is 6.35. The van der Waals surface area contributed by atoms with Crippen LogP contribution in [0.2, 0.25) is 5.02 Å². The van der Waals surface area contributed by atoms with E-state index in [0.29, 0.717) is 46.3 Å². The highest BCUT2D eigenvalue weighted by Gasteiger charge is 2.21. The molecule has 3 aromatic heterocycles. The average molecular weight is 477 g/mol. The van der Waals surface area contributed by atoms with Gasteiger partial charge in [0.25, 0.3) is 5.91 Å². The minimum atomic E-state index is -1.08. The molecule has 4 aromatic rings. The third-order valence-electron chi connectivity index (χ3n) is 5.39. The largest absolute Gasteiger partial charge is 0.383 e. The summed E-state index contributed by atoms with van der Waals surface area (Å²) in [4.78, 5) is 24.0. The number of carbonyl (C=O) groups excluding carboxylic acids is 1. The van der Waals surface area contributed by atoms with Crippen LogP contribution in [0.1, 0.15) is 42.4 Å². The van der Waals surface area contributed by atoms with Crippen molar-refractivity contribution in [3.05, 3.63) is 58.5 Å². The number of benzene rings is 1. The molecule has 0 radical (unpaired) electrons. The van der Waals surface area contributed by atoms with Gasteiger partial charge in [-0.2, -0.15) is 5.10 Å². The fourth-order valence-electron chi connectivity index (χ4n) is 3.65. The zero-order valence-corrected chi connectivity index (χ0v) is 20.2. The van der Waals surface area contributed by atoms with Crippen LogP contribution in [0.3, 0.4) is 0 Å². The average Bonchev–Trinajstić information content (AvgIpc) is 3.18. The van der Waals surface area contributed by atoms with E-state index in [9.17, 15) is 9.90 Å². The molecule has 0 aliphatic rings. The summed E-state index contributed by atoms with van der Waals surface area (Å²) in [7, 11) is 1.82. The number of aromatic nitrogens is 4. The van der Waals surface area contributed by atoms with Crippen LogP contribution < -0.4 is 5.73 Å². The number of hydrogen-bond donors (Lipinski definition) is 2. The van der Waals surface area contributed by atoms with Crippen molar-refractivity contribution in [3.63, 3.8) is 0 Å². The molecule has 3 heterocycles. The quantitative estimate of drug-likeness (QED) is 0.436. The Bertz CT molecular complexity index is 1460. The van der Waals surface area contributed by atoms with Crippen LogP contribution in [0.5, 0.6) is 0 Å². The second-order valence-electron chi connectivity index (χ2n) is 8.54. The lowest BCUT2D eigenvalue weighted by Gasteiger charge is -2.21. The number of amides is 1. The molecule has 0 saturated heterocycles. The van der Waals surface area contributed by atoms with E-state index in [2.05, 4.69) is 26.9 Å². The molecule has 34 heavy (non-hydrogen) atoms. The number of aliphatic hydroxyl groups is 1. The van der Waals surface area contributed by atoms with Gasteiger partial charge in [-0.25, -0.2) is 4.98 Å². The molecule has 3 N–H and O–H groups in total. The summed E-state index contributed by atoms with van der Waals surface area (Å²) in [6, 6.07) is 7.05. The van der Waals surface area contributed by atoms with Crippen molar-refractivity contribution in [2.75, 3.05) is 12.3 Å². The minimum Gasteiger partial charge on any atom is -0.383 e. The standard InChI is InChI=1S/C25H25ClN6O2/c1-5-32(14-16-7-6-15(12-28-16)8-9-25(2,3)34)24(33)17-10-18-21(11-20(17)26)30-23(27)19-13-29-31(4)22(18)19/h6-7,10-13,34H,5,14H2,1-4H3,(H2,27,30). The highest BCUT2D eigenvalue weighted by Crippen LogP contribution is 2.32. The normalized spacial score (nSPS) is 11.5. The van der Waals surface area contributed by atoms with Gasteiger partial charge in [-0.15, -0.1) is 0 Å². The first-order valence-electron chi connectivity index (χ1n) is 10.8. The smallest absolute Gasteiger partial charge is 0.255 e. The molecule has 0 aliphatic carbocycles. The Morgan fingerprint density at radius 1 is 1.26 bits per heavy atom. The molecule has 174 valence electrons. The topological polar surface area (TPSA) is 110 Å². The van der Waals surface area contributed by atoms with E-state index in [0.717, 1.165) is 16.3 Å². The number of halogens is 1. The van der Waals surface area contributed by atoms with Gasteiger partial charge in [-0.1, -0.05) is 23.4 Å².